The van der Waals surface area contributed by atoms with Crippen molar-refractivity contribution in [3.05, 3.63) is 42.0 Å². The summed E-state index contributed by atoms with van der Waals surface area (Å²) >= 11 is 0. The zero-order valence-corrected chi connectivity index (χ0v) is 14.7. The molecule has 0 aliphatic heterocycles. The Morgan fingerprint density at radius 1 is 1.38 bits per heavy atom. The number of esters is 1. The Morgan fingerprint density at radius 2 is 1.96 bits per heavy atom. The van der Waals surface area contributed by atoms with Crippen LogP contribution in [0, 0.1) is 18.8 Å². The van der Waals surface area contributed by atoms with Gasteiger partial charge in [-0.3, -0.25) is 4.79 Å². The van der Waals surface area contributed by atoms with Crippen LogP contribution in [0.2, 0.25) is 0 Å². The zero-order chi connectivity index (χ0) is 18.3. The van der Waals surface area contributed by atoms with Gasteiger partial charge in [-0.25, -0.2) is 8.42 Å². The Labute approximate surface area is 142 Å². The summed E-state index contributed by atoms with van der Waals surface area (Å²) < 4.78 is 31.8. The summed E-state index contributed by atoms with van der Waals surface area (Å²) in [7, 11) is -4.02. The fraction of sp³-hybridized carbons (Fsp3) is 0.353. The molecule has 1 rings (SSSR count). The predicted molar refractivity (Wildman–Crippen MR) is 90.5 cm³/mol. The van der Waals surface area contributed by atoms with Gasteiger partial charge in [-0.05, 0) is 38.5 Å². The van der Waals surface area contributed by atoms with Crippen LogP contribution in [0.3, 0.4) is 0 Å². The summed E-state index contributed by atoms with van der Waals surface area (Å²) in [4.78, 5) is 12.0. The van der Waals surface area contributed by atoms with Crippen LogP contribution in [0.1, 0.15) is 19.4 Å². The number of aliphatic hydroxyl groups is 1. The molecular weight excluding hydrogens is 330 g/mol. The van der Waals surface area contributed by atoms with Gasteiger partial charge in [0.15, 0.2) is 6.04 Å². The molecule has 0 bridgehead atoms. The number of rotatable bonds is 6. The minimum absolute atomic E-state index is 0.0255. The molecule has 2 atom stereocenters. The molecule has 6 nitrogen and oxygen atoms in total. The Balaban J connectivity index is 3.11. The third kappa shape index (κ3) is 5.81. The average molecular weight is 351 g/mol. The molecule has 2 N–H and O–H groups in total. The van der Waals surface area contributed by atoms with Crippen LogP contribution >= 0.6 is 0 Å². The number of carbonyl (C=O) groups is 1. The molecule has 0 aliphatic carbocycles. The number of aliphatic hydroxyl groups excluding tert-OH is 1. The first-order valence-electron chi connectivity index (χ1n) is 7.28. The zero-order valence-electron chi connectivity index (χ0n) is 13.9. The Morgan fingerprint density at radius 3 is 2.46 bits per heavy atom. The van der Waals surface area contributed by atoms with E-state index in [2.05, 4.69) is 23.1 Å². The Hall–Kier alpha value is -2.14. The van der Waals surface area contributed by atoms with Crippen LogP contribution in [0.15, 0.2) is 41.3 Å². The van der Waals surface area contributed by atoms with Gasteiger partial charge >= 0.3 is 5.97 Å². The Kier molecular flexibility index (Phi) is 7.17. The Bertz CT molecular complexity index is 756. The molecule has 1 aromatic carbocycles. The molecule has 0 fully saturated rings. The highest BCUT2D eigenvalue weighted by atomic mass is 32.2. The number of allylic oxidation sites excluding steroid dienone is 1. The number of ether oxygens (including phenoxy) is 1. The maximum atomic E-state index is 12.4. The topological polar surface area (TPSA) is 92.7 Å². The van der Waals surface area contributed by atoms with Gasteiger partial charge in [-0.2, -0.15) is 4.72 Å². The molecule has 0 saturated heterocycles. The van der Waals surface area contributed by atoms with Gasteiger partial charge in [-0.15, -0.1) is 0 Å². The molecule has 0 spiro atoms. The van der Waals surface area contributed by atoms with E-state index in [1.54, 1.807) is 26.0 Å². The molecule has 0 aromatic heterocycles. The third-order valence-corrected chi connectivity index (χ3v) is 4.36. The van der Waals surface area contributed by atoms with Crippen molar-refractivity contribution >= 4 is 16.0 Å². The van der Waals surface area contributed by atoms with Crippen molar-refractivity contribution in [2.45, 2.75) is 37.8 Å². The maximum Gasteiger partial charge on any atom is 0.327 e. The lowest BCUT2D eigenvalue weighted by molar-refractivity contribution is -0.147. The van der Waals surface area contributed by atoms with Crippen molar-refractivity contribution in [1.82, 2.24) is 4.72 Å². The normalized spacial score (nSPS) is 13.3. The van der Waals surface area contributed by atoms with E-state index in [-0.39, 0.29) is 11.5 Å². The molecule has 0 saturated carbocycles. The van der Waals surface area contributed by atoms with Crippen LogP contribution in [0.5, 0.6) is 0 Å². The van der Waals surface area contributed by atoms with Crippen molar-refractivity contribution in [3.63, 3.8) is 0 Å². The van der Waals surface area contributed by atoms with E-state index in [0.29, 0.717) is 5.57 Å². The highest BCUT2D eigenvalue weighted by molar-refractivity contribution is 7.89. The molecule has 1 aromatic rings. The number of hydrogen-bond donors (Lipinski definition) is 2. The monoisotopic (exact) mass is 351 g/mol. The fourth-order valence-electron chi connectivity index (χ4n) is 1.71. The highest BCUT2D eigenvalue weighted by Crippen LogP contribution is 2.12. The van der Waals surface area contributed by atoms with Crippen LogP contribution in [-0.4, -0.2) is 38.2 Å². The van der Waals surface area contributed by atoms with E-state index >= 15 is 0 Å². The van der Waals surface area contributed by atoms with E-state index in [9.17, 15) is 18.3 Å². The first-order chi connectivity index (χ1) is 11.2. The van der Waals surface area contributed by atoms with Crippen molar-refractivity contribution in [2.24, 2.45) is 0 Å². The summed E-state index contributed by atoms with van der Waals surface area (Å²) in [6.07, 6.45) is -1.57. The molecular formula is C17H21NO5S. The largest absolute Gasteiger partial charge is 0.465 e. The molecule has 0 aliphatic rings. The minimum atomic E-state index is -4.02. The maximum absolute atomic E-state index is 12.4. The summed E-state index contributed by atoms with van der Waals surface area (Å²) in [5, 5.41) is 10.1. The summed E-state index contributed by atoms with van der Waals surface area (Å²) in [5.74, 6) is 4.00. The number of carbonyl (C=O) groups excluding carboxylic acids is 1. The van der Waals surface area contributed by atoms with E-state index in [1.165, 1.54) is 12.1 Å². The van der Waals surface area contributed by atoms with Gasteiger partial charge in [-0.1, -0.05) is 36.1 Å². The second-order valence-corrected chi connectivity index (χ2v) is 6.87. The van der Waals surface area contributed by atoms with E-state index in [0.717, 1.165) is 5.56 Å². The van der Waals surface area contributed by atoms with Crippen LogP contribution in [0.25, 0.3) is 0 Å². The lowest BCUT2D eigenvalue weighted by Crippen LogP contribution is -2.49. The second kappa shape index (κ2) is 8.64. The van der Waals surface area contributed by atoms with Gasteiger partial charge in [0.05, 0.1) is 11.5 Å². The van der Waals surface area contributed by atoms with Crippen LogP contribution < -0.4 is 4.72 Å². The molecule has 7 heteroatoms. The SMILES string of the molecule is C=C(C)C#C[C@@H](O)[C@@H](NS(=O)(=O)c1ccc(C)cc1)C(=O)OCC. The molecule has 0 amide bonds. The van der Waals surface area contributed by atoms with Crippen LogP contribution in [-0.2, 0) is 19.6 Å². The van der Waals surface area contributed by atoms with Gasteiger partial charge in [0.25, 0.3) is 0 Å². The molecule has 24 heavy (non-hydrogen) atoms. The predicted octanol–water partition coefficient (Wildman–Crippen LogP) is 1.15. The van der Waals surface area contributed by atoms with Crippen molar-refractivity contribution in [2.75, 3.05) is 6.61 Å². The number of aryl methyl sites for hydroxylation is 1. The number of sulfonamides is 1. The highest BCUT2D eigenvalue weighted by Gasteiger charge is 2.32. The molecule has 130 valence electrons. The van der Waals surface area contributed by atoms with Gasteiger partial charge < -0.3 is 9.84 Å². The summed E-state index contributed by atoms with van der Waals surface area (Å²) in [5.41, 5.74) is 1.36. The minimum Gasteiger partial charge on any atom is -0.465 e. The first kappa shape index (κ1) is 19.9. The lowest BCUT2D eigenvalue weighted by Gasteiger charge is -2.19. The third-order valence-electron chi connectivity index (χ3n) is 2.90. The molecule has 0 unspecified atom stereocenters. The van der Waals surface area contributed by atoms with Gasteiger partial charge in [0.2, 0.25) is 10.0 Å². The molecule has 0 radical (unpaired) electrons. The average Bonchev–Trinajstić information content (AvgIpc) is 2.51. The summed E-state index contributed by atoms with van der Waals surface area (Å²) in [6, 6.07) is 4.54. The van der Waals surface area contributed by atoms with Crippen molar-refractivity contribution in [1.29, 1.82) is 0 Å². The number of nitrogens with one attached hydrogen (secondary N) is 1. The van der Waals surface area contributed by atoms with E-state index < -0.39 is 28.1 Å². The second-order valence-electron chi connectivity index (χ2n) is 5.16. The van der Waals surface area contributed by atoms with Gasteiger partial charge in [0.1, 0.15) is 6.10 Å². The quantitative estimate of drug-likeness (QED) is 0.592. The standard InChI is InChI=1S/C17H21NO5S/c1-5-23-17(20)16(15(19)11-6-12(2)3)18-24(21,22)14-9-7-13(4)8-10-14/h7-10,15-16,18-19H,2,5H2,1,3-4H3/t15-,16-/m1/s1. The fourth-order valence-corrected chi connectivity index (χ4v) is 2.90. The van der Waals surface area contributed by atoms with Crippen molar-refractivity contribution < 1.29 is 23.1 Å². The van der Waals surface area contributed by atoms with E-state index in [4.69, 9.17) is 4.74 Å². The molecule has 0 heterocycles. The lowest BCUT2D eigenvalue weighted by atomic mass is 10.1. The first-order valence-corrected chi connectivity index (χ1v) is 8.76. The van der Waals surface area contributed by atoms with Gasteiger partial charge in [0, 0.05) is 0 Å². The van der Waals surface area contributed by atoms with Crippen molar-refractivity contribution in [3.8, 4) is 11.8 Å². The van der Waals surface area contributed by atoms with Crippen LogP contribution in [0.4, 0.5) is 0 Å². The smallest absolute Gasteiger partial charge is 0.327 e. The summed E-state index contributed by atoms with van der Waals surface area (Å²) in [6.45, 7) is 8.62. The van der Waals surface area contributed by atoms with E-state index in [1.807, 2.05) is 6.92 Å². The number of benzene rings is 1. The number of hydrogen-bond acceptors (Lipinski definition) is 5.